The van der Waals surface area contributed by atoms with Gasteiger partial charge in [0.1, 0.15) is 12.4 Å². The highest BCUT2D eigenvalue weighted by atomic mass is 35.5. The smallest absolute Gasteiger partial charge is 0.138 e. The first kappa shape index (κ1) is 17.5. The van der Waals surface area contributed by atoms with E-state index in [4.69, 9.17) is 16.3 Å². The monoisotopic (exact) mass is 363 g/mol. The van der Waals surface area contributed by atoms with Crippen molar-refractivity contribution in [2.24, 2.45) is 0 Å². The summed E-state index contributed by atoms with van der Waals surface area (Å²) in [5.41, 5.74) is 3.69. The van der Waals surface area contributed by atoms with Crippen molar-refractivity contribution in [2.45, 2.75) is 44.6 Å². The number of benzene rings is 2. The number of para-hydroxylation sites is 1. The predicted molar refractivity (Wildman–Crippen MR) is 99.7 cm³/mol. The van der Waals surface area contributed by atoms with Crippen LogP contribution in [0.3, 0.4) is 0 Å². The molecular formula is C19H22ClNO2S. The van der Waals surface area contributed by atoms with Gasteiger partial charge in [-0.2, -0.15) is 0 Å². The minimum Gasteiger partial charge on any atom is -0.487 e. The lowest BCUT2D eigenvalue weighted by molar-refractivity contribution is 0.306. The number of fused-ring (bicyclic) bond motifs is 1. The van der Waals surface area contributed by atoms with Crippen molar-refractivity contribution in [3.8, 4) is 5.75 Å². The first-order chi connectivity index (χ1) is 11.5. The molecule has 1 aliphatic carbocycles. The molecule has 0 heterocycles. The molecule has 0 aliphatic heterocycles. The van der Waals surface area contributed by atoms with Crippen molar-refractivity contribution >= 4 is 22.6 Å². The summed E-state index contributed by atoms with van der Waals surface area (Å²) < 4.78 is 21.1. The predicted octanol–water partition coefficient (Wildman–Crippen LogP) is 4.57. The highest BCUT2D eigenvalue weighted by molar-refractivity contribution is 7.83. The number of halogens is 1. The van der Waals surface area contributed by atoms with Crippen molar-refractivity contribution in [2.75, 3.05) is 0 Å². The molecule has 0 fully saturated rings. The van der Waals surface area contributed by atoms with Gasteiger partial charge in [-0.3, -0.25) is 0 Å². The molecule has 1 aliphatic rings. The van der Waals surface area contributed by atoms with Crippen molar-refractivity contribution < 1.29 is 8.95 Å². The fraction of sp³-hybridized carbons (Fsp3) is 0.368. The van der Waals surface area contributed by atoms with Crippen LogP contribution in [-0.4, -0.2) is 9.46 Å². The lowest BCUT2D eigenvalue weighted by Gasteiger charge is -2.15. The van der Waals surface area contributed by atoms with Gasteiger partial charge in [0.25, 0.3) is 0 Å². The highest BCUT2D eigenvalue weighted by Gasteiger charge is 2.24. The quantitative estimate of drug-likeness (QED) is 0.816. The summed E-state index contributed by atoms with van der Waals surface area (Å²) in [5, 5.41) is 0.747. The molecule has 3 rings (SSSR count). The van der Waals surface area contributed by atoms with Gasteiger partial charge in [-0.15, -0.1) is 0 Å². The van der Waals surface area contributed by atoms with E-state index in [0.29, 0.717) is 17.4 Å². The Kier molecular flexibility index (Phi) is 5.59. The maximum absolute atomic E-state index is 12.0. The zero-order valence-electron chi connectivity index (χ0n) is 13.9. The lowest BCUT2D eigenvalue weighted by atomic mass is 10.1. The first-order valence-corrected chi connectivity index (χ1v) is 9.79. The van der Waals surface area contributed by atoms with Crippen molar-refractivity contribution in [3.05, 3.63) is 64.2 Å². The number of hydrogen-bond donors (Lipinski definition) is 1. The van der Waals surface area contributed by atoms with E-state index >= 15 is 0 Å². The summed E-state index contributed by atoms with van der Waals surface area (Å²) in [6, 6.07) is 14.1. The Balaban J connectivity index is 1.67. The standard InChI is InChI=1S/C19H22ClNO2S/c1-13(2)24(22)21-18-10-8-15-11-14(7-9-16(15)18)12-23-19-6-4-3-5-17(19)20/h3-7,9,11,13,18,21H,8,10,12H2,1-2H3. The molecule has 1 N–H and O–H groups in total. The zero-order chi connectivity index (χ0) is 17.1. The molecule has 0 aromatic heterocycles. The molecule has 2 aromatic rings. The molecule has 5 heteroatoms. The Labute approximate surface area is 151 Å². The Hall–Kier alpha value is -1.36. The third-order valence-electron chi connectivity index (χ3n) is 4.20. The average Bonchev–Trinajstić information content (AvgIpc) is 2.96. The van der Waals surface area contributed by atoms with Gasteiger partial charge in [0.05, 0.1) is 16.0 Å². The van der Waals surface area contributed by atoms with Crippen LogP contribution in [-0.2, 0) is 24.0 Å². The second-order valence-electron chi connectivity index (χ2n) is 6.31. The van der Waals surface area contributed by atoms with Gasteiger partial charge in [-0.25, -0.2) is 8.93 Å². The molecule has 2 atom stereocenters. The molecule has 24 heavy (non-hydrogen) atoms. The first-order valence-electron chi connectivity index (χ1n) is 8.20. The van der Waals surface area contributed by atoms with E-state index in [1.165, 1.54) is 11.1 Å². The molecule has 3 nitrogen and oxygen atoms in total. The fourth-order valence-corrected chi connectivity index (χ4v) is 3.87. The van der Waals surface area contributed by atoms with E-state index in [9.17, 15) is 4.21 Å². The van der Waals surface area contributed by atoms with Crippen LogP contribution in [0, 0.1) is 0 Å². The van der Waals surface area contributed by atoms with Gasteiger partial charge in [0.2, 0.25) is 0 Å². The topological polar surface area (TPSA) is 38.3 Å². The maximum Gasteiger partial charge on any atom is 0.138 e. The second kappa shape index (κ2) is 7.68. The van der Waals surface area contributed by atoms with Crippen LogP contribution in [0.25, 0.3) is 0 Å². The van der Waals surface area contributed by atoms with Gasteiger partial charge in [0, 0.05) is 11.3 Å². The number of rotatable bonds is 6. The summed E-state index contributed by atoms with van der Waals surface area (Å²) in [5.74, 6) is 0.700. The van der Waals surface area contributed by atoms with Crippen LogP contribution in [0.1, 0.15) is 43.0 Å². The van der Waals surface area contributed by atoms with Gasteiger partial charge >= 0.3 is 0 Å². The molecule has 2 unspecified atom stereocenters. The van der Waals surface area contributed by atoms with E-state index in [1.54, 1.807) is 0 Å². The summed E-state index contributed by atoms with van der Waals surface area (Å²) in [4.78, 5) is 0. The minimum atomic E-state index is -0.995. The Morgan fingerprint density at radius 1 is 1.29 bits per heavy atom. The van der Waals surface area contributed by atoms with Crippen molar-refractivity contribution in [1.29, 1.82) is 0 Å². The van der Waals surface area contributed by atoms with Crippen LogP contribution in [0.15, 0.2) is 42.5 Å². The molecule has 0 spiro atoms. The van der Waals surface area contributed by atoms with Gasteiger partial charge in [-0.05, 0) is 55.5 Å². The lowest BCUT2D eigenvalue weighted by Crippen LogP contribution is -2.27. The second-order valence-corrected chi connectivity index (χ2v) is 8.49. The summed E-state index contributed by atoms with van der Waals surface area (Å²) in [7, 11) is -0.995. The summed E-state index contributed by atoms with van der Waals surface area (Å²) >= 11 is 6.12. The van der Waals surface area contributed by atoms with Gasteiger partial charge < -0.3 is 4.74 Å². The van der Waals surface area contributed by atoms with Crippen LogP contribution < -0.4 is 9.46 Å². The van der Waals surface area contributed by atoms with Crippen molar-refractivity contribution in [1.82, 2.24) is 4.72 Å². The summed E-state index contributed by atoms with van der Waals surface area (Å²) in [6.45, 7) is 4.43. The maximum atomic E-state index is 12.0. The largest absolute Gasteiger partial charge is 0.487 e. The van der Waals surface area contributed by atoms with E-state index in [1.807, 2.05) is 38.1 Å². The minimum absolute atomic E-state index is 0.123. The molecule has 0 bridgehead atoms. The Morgan fingerprint density at radius 2 is 2.08 bits per heavy atom. The third-order valence-corrected chi connectivity index (χ3v) is 5.89. The highest BCUT2D eigenvalue weighted by Crippen LogP contribution is 2.32. The normalized spacial score (nSPS) is 17.8. The zero-order valence-corrected chi connectivity index (χ0v) is 15.5. The van der Waals surface area contributed by atoms with E-state index in [-0.39, 0.29) is 11.3 Å². The molecule has 0 radical (unpaired) electrons. The molecule has 0 saturated heterocycles. The van der Waals surface area contributed by atoms with Crippen LogP contribution >= 0.6 is 11.6 Å². The third kappa shape index (κ3) is 4.00. The van der Waals surface area contributed by atoms with Crippen LogP contribution in [0.2, 0.25) is 5.02 Å². The van der Waals surface area contributed by atoms with E-state index in [0.717, 1.165) is 18.4 Å². The van der Waals surface area contributed by atoms with Crippen LogP contribution in [0.5, 0.6) is 5.75 Å². The average molecular weight is 364 g/mol. The van der Waals surface area contributed by atoms with Crippen molar-refractivity contribution in [3.63, 3.8) is 0 Å². The molecule has 0 amide bonds. The number of ether oxygens (including phenoxy) is 1. The molecule has 128 valence electrons. The fourth-order valence-electron chi connectivity index (χ4n) is 2.88. The Morgan fingerprint density at radius 3 is 2.83 bits per heavy atom. The molecule has 0 saturated carbocycles. The van der Waals surface area contributed by atoms with Gasteiger partial charge in [0.15, 0.2) is 0 Å². The van der Waals surface area contributed by atoms with E-state index < -0.39 is 11.0 Å². The Bertz CT molecular complexity index is 748. The number of aryl methyl sites for hydroxylation is 1. The number of nitrogens with one attached hydrogen (secondary N) is 1. The van der Waals surface area contributed by atoms with E-state index in [2.05, 4.69) is 22.9 Å². The van der Waals surface area contributed by atoms with Crippen LogP contribution in [0.4, 0.5) is 0 Å². The van der Waals surface area contributed by atoms with Gasteiger partial charge in [-0.1, -0.05) is 41.9 Å². The number of hydrogen-bond acceptors (Lipinski definition) is 2. The summed E-state index contributed by atoms with van der Waals surface area (Å²) in [6.07, 6.45) is 1.99. The SMILES string of the molecule is CC(C)S(=O)NC1CCc2cc(COc3ccccc3Cl)ccc21. The molecule has 2 aromatic carbocycles. The molecular weight excluding hydrogens is 342 g/mol.